The van der Waals surface area contributed by atoms with E-state index in [1.54, 1.807) is 30.3 Å². The molecule has 0 bridgehead atoms. The number of rotatable bonds is 1. The molecule has 20 heavy (non-hydrogen) atoms. The third kappa shape index (κ3) is 6.17. The molecule has 0 unspecified atom stereocenters. The summed E-state index contributed by atoms with van der Waals surface area (Å²) in [6.45, 7) is 12.0. The quantitative estimate of drug-likeness (QED) is 0.739. The van der Waals surface area contributed by atoms with Crippen LogP contribution in [-0.4, -0.2) is 13.0 Å². The molecule has 0 saturated carbocycles. The molecule has 1 N–H and O–H groups in total. The molecule has 4 heteroatoms. The van der Waals surface area contributed by atoms with E-state index in [0.29, 0.717) is 5.39 Å². The first-order valence-electron chi connectivity index (χ1n) is 7.04. The van der Waals surface area contributed by atoms with E-state index in [1.807, 2.05) is 47.6 Å². The summed E-state index contributed by atoms with van der Waals surface area (Å²) in [5.41, 5.74) is 0. The Morgan fingerprint density at radius 3 is 1.70 bits per heavy atom. The summed E-state index contributed by atoms with van der Waals surface area (Å²) < 4.78 is 31.0. The Kier molecular flexibility index (Phi) is 12.0. The number of hydrogen-bond donors (Lipinski definition) is 1. The zero-order valence-electron chi connectivity index (χ0n) is 13.2. The Morgan fingerprint density at radius 2 is 1.20 bits per heavy atom. The van der Waals surface area contributed by atoms with Crippen LogP contribution in [0.3, 0.4) is 0 Å². The summed E-state index contributed by atoms with van der Waals surface area (Å²) in [7, 11) is -4.13. The monoisotopic (exact) mass is 298 g/mol. The van der Waals surface area contributed by atoms with E-state index < -0.39 is 10.1 Å². The van der Waals surface area contributed by atoms with Crippen LogP contribution in [0.4, 0.5) is 0 Å². The van der Waals surface area contributed by atoms with E-state index in [1.165, 1.54) is 6.07 Å². The van der Waals surface area contributed by atoms with Crippen LogP contribution in [0.2, 0.25) is 0 Å². The molecule has 2 rings (SSSR count). The smallest absolute Gasteiger partial charge is 0.282 e. The van der Waals surface area contributed by atoms with Gasteiger partial charge in [0.1, 0.15) is 4.90 Å². The van der Waals surface area contributed by atoms with E-state index in [2.05, 4.69) is 0 Å². The van der Waals surface area contributed by atoms with Gasteiger partial charge in [-0.2, -0.15) is 8.42 Å². The van der Waals surface area contributed by atoms with Crippen molar-refractivity contribution < 1.29 is 13.0 Å². The zero-order chi connectivity index (χ0) is 16.2. The Labute approximate surface area is 123 Å². The van der Waals surface area contributed by atoms with Crippen molar-refractivity contribution in [2.45, 2.75) is 46.4 Å². The van der Waals surface area contributed by atoms with Gasteiger partial charge in [0.2, 0.25) is 0 Å². The van der Waals surface area contributed by atoms with Crippen molar-refractivity contribution >= 4 is 20.9 Å². The summed E-state index contributed by atoms with van der Waals surface area (Å²) in [6, 6.07) is 11.8. The lowest BCUT2D eigenvalue weighted by Gasteiger charge is -2.02. The van der Waals surface area contributed by atoms with Gasteiger partial charge < -0.3 is 0 Å². The van der Waals surface area contributed by atoms with Crippen molar-refractivity contribution in [2.75, 3.05) is 0 Å². The fourth-order valence-electron chi connectivity index (χ4n) is 1.42. The van der Waals surface area contributed by atoms with Gasteiger partial charge in [0.15, 0.2) is 0 Å². The Bertz CT molecular complexity index is 570. The fraction of sp³-hybridized carbons (Fsp3) is 0.375. The van der Waals surface area contributed by atoms with Gasteiger partial charge in [-0.15, -0.1) is 0 Å². The molecule has 0 aliphatic heterocycles. The molecule has 0 aliphatic rings. The summed E-state index contributed by atoms with van der Waals surface area (Å²) in [6.07, 6.45) is 0. The van der Waals surface area contributed by atoms with Crippen LogP contribution in [0, 0.1) is 0 Å². The first kappa shape index (κ1) is 20.9. The van der Waals surface area contributed by atoms with Gasteiger partial charge in [-0.05, 0) is 11.5 Å². The topological polar surface area (TPSA) is 54.4 Å². The highest BCUT2D eigenvalue weighted by Gasteiger charge is 2.12. The maximum Gasteiger partial charge on any atom is 0.295 e. The van der Waals surface area contributed by atoms with Crippen LogP contribution >= 0.6 is 0 Å². The average Bonchev–Trinajstić information content (AvgIpc) is 2.52. The molecule has 0 fully saturated rings. The molecule has 0 saturated heterocycles. The lowest BCUT2D eigenvalue weighted by atomic mass is 10.1. The molecule has 2 aromatic rings. The maximum atomic E-state index is 11.0. The second-order valence-corrected chi connectivity index (χ2v) is 4.34. The molecule has 0 amide bonds. The predicted octanol–water partition coefficient (Wildman–Crippen LogP) is 5.17. The molecule has 0 radical (unpaired) electrons. The predicted molar refractivity (Wildman–Crippen MR) is 87.8 cm³/mol. The van der Waals surface area contributed by atoms with Crippen molar-refractivity contribution in [1.82, 2.24) is 0 Å². The highest BCUT2D eigenvalue weighted by molar-refractivity contribution is 7.86. The van der Waals surface area contributed by atoms with E-state index in [9.17, 15) is 8.42 Å². The standard InChI is InChI=1S/C10H8O3S.3C2H6/c11-14(12,13)10-7-3-5-8-4-1-2-6-9(8)10;3*1-2/h1-7H,(H,11,12,13);3*1-2H3. The highest BCUT2D eigenvalue weighted by Crippen LogP contribution is 2.21. The average molecular weight is 298 g/mol. The summed E-state index contributed by atoms with van der Waals surface area (Å²) in [5, 5.41) is 1.33. The zero-order valence-corrected chi connectivity index (χ0v) is 14.0. The summed E-state index contributed by atoms with van der Waals surface area (Å²) >= 11 is 0. The van der Waals surface area contributed by atoms with E-state index >= 15 is 0 Å². The van der Waals surface area contributed by atoms with Gasteiger partial charge in [0.05, 0.1) is 0 Å². The molecule has 2 aromatic carbocycles. The maximum absolute atomic E-state index is 11.0. The Hall–Kier alpha value is -1.39. The second kappa shape index (κ2) is 11.4. The molecule has 0 atom stereocenters. The van der Waals surface area contributed by atoms with Crippen molar-refractivity contribution in [3.63, 3.8) is 0 Å². The van der Waals surface area contributed by atoms with Crippen LogP contribution in [0.5, 0.6) is 0 Å². The largest absolute Gasteiger partial charge is 0.295 e. The molecule has 3 nitrogen and oxygen atoms in total. The minimum Gasteiger partial charge on any atom is -0.282 e. The lowest BCUT2D eigenvalue weighted by molar-refractivity contribution is 0.484. The van der Waals surface area contributed by atoms with Gasteiger partial charge >= 0.3 is 0 Å². The Morgan fingerprint density at radius 1 is 0.750 bits per heavy atom. The van der Waals surface area contributed by atoms with Crippen LogP contribution in [0.15, 0.2) is 47.4 Å². The van der Waals surface area contributed by atoms with Gasteiger partial charge in [-0.25, -0.2) is 0 Å². The first-order chi connectivity index (χ1) is 9.59. The molecule has 0 aliphatic carbocycles. The minimum atomic E-state index is -4.13. The van der Waals surface area contributed by atoms with E-state index in [0.717, 1.165) is 5.39 Å². The molecular weight excluding hydrogens is 272 g/mol. The summed E-state index contributed by atoms with van der Waals surface area (Å²) in [5.74, 6) is 0. The van der Waals surface area contributed by atoms with Gasteiger partial charge in [0, 0.05) is 5.39 Å². The van der Waals surface area contributed by atoms with Gasteiger partial charge in [0.25, 0.3) is 10.1 Å². The van der Waals surface area contributed by atoms with E-state index in [-0.39, 0.29) is 4.90 Å². The third-order valence-corrected chi connectivity index (χ3v) is 2.94. The van der Waals surface area contributed by atoms with Gasteiger partial charge in [-0.1, -0.05) is 77.9 Å². The van der Waals surface area contributed by atoms with Crippen LogP contribution < -0.4 is 0 Å². The molecule has 0 aromatic heterocycles. The van der Waals surface area contributed by atoms with Crippen molar-refractivity contribution in [3.05, 3.63) is 42.5 Å². The van der Waals surface area contributed by atoms with Crippen LogP contribution in [0.1, 0.15) is 41.5 Å². The van der Waals surface area contributed by atoms with Gasteiger partial charge in [-0.3, -0.25) is 4.55 Å². The van der Waals surface area contributed by atoms with Crippen molar-refractivity contribution in [2.24, 2.45) is 0 Å². The normalized spacial score (nSPS) is 9.15. The lowest BCUT2D eigenvalue weighted by Crippen LogP contribution is -1.98. The minimum absolute atomic E-state index is 0.0457. The van der Waals surface area contributed by atoms with Crippen LogP contribution in [0.25, 0.3) is 10.8 Å². The molecule has 0 spiro atoms. The first-order valence-corrected chi connectivity index (χ1v) is 8.48. The Balaban J connectivity index is 0. The summed E-state index contributed by atoms with van der Waals surface area (Å²) in [4.78, 5) is -0.0457. The number of fused-ring (bicyclic) bond motifs is 1. The fourth-order valence-corrected chi connectivity index (χ4v) is 2.13. The van der Waals surface area contributed by atoms with Crippen molar-refractivity contribution in [3.8, 4) is 0 Å². The highest BCUT2D eigenvalue weighted by atomic mass is 32.2. The molecular formula is C16H26O3S. The number of benzene rings is 2. The third-order valence-electron chi connectivity index (χ3n) is 2.03. The second-order valence-electron chi connectivity index (χ2n) is 2.95. The number of hydrogen-bond acceptors (Lipinski definition) is 2. The molecule has 114 valence electrons. The van der Waals surface area contributed by atoms with Crippen LogP contribution in [-0.2, 0) is 10.1 Å². The van der Waals surface area contributed by atoms with Crippen molar-refractivity contribution in [1.29, 1.82) is 0 Å². The van der Waals surface area contributed by atoms with E-state index in [4.69, 9.17) is 4.55 Å². The molecule has 0 heterocycles. The SMILES string of the molecule is CC.CC.CC.O=S(=O)(O)c1cccc2ccccc12.